The number of hydrogen-bond donors (Lipinski definition) is 2. The number of aromatic nitrogens is 3. The van der Waals surface area contributed by atoms with Crippen molar-refractivity contribution in [1.29, 1.82) is 0 Å². The van der Waals surface area contributed by atoms with Crippen LogP contribution in [0.25, 0.3) is 0 Å². The smallest absolute Gasteiger partial charge is 0.258 e. The lowest BCUT2D eigenvalue weighted by atomic mass is 10.1. The molecule has 0 radical (unpaired) electrons. The molecule has 2 aromatic rings. The van der Waals surface area contributed by atoms with Crippen molar-refractivity contribution in [3.63, 3.8) is 0 Å². The fourth-order valence-electron chi connectivity index (χ4n) is 2.69. The number of carbonyl (C=O) groups is 2. The Morgan fingerprint density at radius 1 is 1.33 bits per heavy atom. The first-order valence-electron chi connectivity index (χ1n) is 7.69. The Kier molecular flexibility index (Phi) is 4.20. The number of aromatic hydroxyl groups is 1. The minimum Gasteiger partial charge on any atom is -0.505 e. The van der Waals surface area contributed by atoms with Crippen LogP contribution in [0.15, 0.2) is 18.3 Å². The number of aryl methyl sites for hydroxylation is 1. The number of carbonyl (C=O) groups excluding carboxylic acids is 2. The zero-order chi connectivity index (χ0) is 17.3. The molecule has 2 N–H and O–H groups in total. The second-order valence-electron chi connectivity index (χ2n) is 5.83. The van der Waals surface area contributed by atoms with E-state index < -0.39 is 0 Å². The molecule has 2 aromatic heterocycles. The molecule has 0 aliphatic carbocycles. The number of amides is 2. The summed E-state index contributed by atoms with van der Waals surface area (Å²) >= 11 is 0. The van der Waals surface area contributed by atoms with Crippen LogP contribution in [-0.2, 0) is 24.4 Å². The van der Waals surface area contributed by atoms with E-state index in [1.807, 2.05) is 10.7 Å². The minimum absolute atomic E-state index is 0.110. The van der Waals surface area contributed by atoms with Gasteiger partial charge >= 0.3 is 0 Å². The molecule has 0 aromatic carbocycles. The molecule has 0 unspecified atom stereocenters. The molecule has 0 fully saturated rings. The molecule has 2 amide bonds. The Bertz CT molecular complexity index is 799. The van der Waals surface area contributed by atoms with E-state index in [0.717, 1.165) is 11.4 Å². The van der Waals surface area contributed by atoms with Crippen LogP contribution >= 0.6 is 0 Å². The SMILES string of the molecule is CC(=O)NCc1cc2n(n1)CCN(C(=O)c1cc(C)ncc1O)C2. The van der Waals surface area contributed by atoms with Crippen LogP contribution in [0.5, 0.6) is 5.75 Å². The van der Waals surface area contributed by atoms with Gasteiger partial charge in [-0.2, -0.15) is 5.10 Å². The van der Waals surface area contributed by atoms with E-state index in [0.29, 0.717) is 31.9 Å². The summed E-state index contributed by atoms with van der Waals surface area (Å²) in [4.78, 5) is 29.3. The van der Waals surface area contributed by atoms with Gasteiger partial charge in [0.15, 0.2) is 0 Å². The molecule has 0 atom stereocenters. The van der Waals surface area contributed by atoms with Crippen molar-refractivity contribution in [1.82, 2.24) is 25.0 Å². The summed E-state index contributed by atoms with van der Waals surface area (Å²) in [6.45, 7) is 5.09. The fraction of sp³-hybridized carbons (Fsp3) is 0.375. The van der Waals surface area contributed by atoms with E-state index in [2.05, 4.69) is 15.4 Å². The van der Waals surface area contributed by atoms with E-state index in [-0.39, 0.29) is 23.1 Å². The number of hydrogen-bond acceptors (Lipinski definition) is 5. The van der Waals surface area contributed by atoms with E-state index in [1.165, 1.54) is 13.1 Å². The summed E-state index contributed by atoms with van der Waals surface area (Å²) in [6.07, 6.45) is 1.29. The van der Waals surface area contributed by atoms with Crippen molar-refractivity contribution in [3.05, 3.63) is 41.0 Å². The average Bonchev–Trinajstić information content (AvgIpc) is 2.96. The highest BCUT2D eigenvalue weighted by Crippen LogP contribution is 2.21. The van der Waals surface area contributed by atoms with Gasteiger partial charge in [0.1, 0.15) is 5.75 Å². The van der Waals surface area contributed by atoms with Crippen LogP contribution < -0.4 is 5.32 Å². The van der Waals surface area contributed by atoms with Gasteiger partial charge in [-0.15, -0.1) is 0 Å². The minimum atomic E-state index is -0.228. The summed E-state index contributed by atoms with van der Waals surface area (Å²) in [5, 5.41) is 17.0. The lowest BCUT2D eigenvalue weighted by Gasteiger charge is -2.28. The second-order valence-corrected chi connectivity index (χ2v) is 5.83. The first-order valence-corrected chi connectivity index (χ1v) is 7.69. The molecule has 8 nitrogen and oxygen atoms in total. The summed E-state index contributed by atoms with van der Waals surface area (Å²) in [6, 6.07) is 3.47. The topological polar surface area (TPSA) is 100 Å². The van der Waals surface area contributed by atoms with E-state index >= 15 is 0 Å². The Hall–Kier alpha value is -2.90. The molecule has 0 bridgehead atoms. The molecular weight excluding hydrogens is 310 g/mol. The van der Waals surface area contributed by atoms with E-state index in [9.17, 15) is 14.7 Å². The molecule has 1 aliphatic rings. The number of fused-ring (bicyclic) bond motifs is 1. The zero-order valence-corrected chi connectivity index (χ0v) is 13.6. The Balaban J connectivity index is 1.76. The average molecular weight is 329 g/mol. The monoisotopic (exact) mass is 329 g/mol. The third kappa shape index (κ3) is 3.22. The summed E-state index contributed by atoms with van der Waals surface area (Å²) in [5.74, 6) is -0.453. The number of nitrogens with zero attached hydrogens (tertiary/aromatic N) is 4. The summed E-state index contributed by atoms with van der Waals surface area (Å²) in [5.41, 5.74) is 2.60. The van der Waals surface area contributed by atoms with Crippen LogP contribution in [-0.4, -0.2) is 43.1 Å². The molecule has 8 heteroatoms. The standard InChI is InChI=1S/C16H19N5O3/c1-10-5-14(15(23)8-17-10)16(24)20-3-4-21-13(9-20)6-12(19-21)7-18-11(2)22/h5-6,8,23H,3-4,7,9H2,1-2H3,(H,18,22). The second kappa shape index (κ2) is 6.31. The highest BCUT2D eigenvalue weighted by atomic mass is 16.3. The molecule has 24 heavy (non-hydrogen) atoms. The molecule has 3 rings (SSSR count). The summed E-state index contributed by atoms with van der Waals surface area (Å²) in [7, 11) is 0. The molecule has 1 aliphatic heterocycles. The zero-order valence-electron chi connectivity index (χ0n) is 13.6. The van der Waals surface area contributed by atoms with Crippen molar-refractivity contribution in [2.24, 2.45) is 0 Å². The largest absolute Gasteiger partial charge is 0.505 e. The molecule has 0 spiro atoms. The maximum atomic E-state index is 12.7. The van der Waals surface area contributed by atoms with Crippen molar-refractivity contribution < 1.29 is 14.7 Å². The third-order valence-electron chi connectivity index (χ3n) is 3.90. The highest BCUT2D eigenvalue weighted by molar-refractivity contribution is 5.96. The predicted molar refractivity (Wildman–Crippen MR) is 85.1 cm³/mol. The quantitative estimate of drug-likeness (QED) is 0.858. The third-order valence-corrected chi connectivity index (χ3v) is 3.90. The Morgan fingerprint density at radius 2 is 2.12 bits per heavy atom. The van der Waals surface area contributed by atoms with Crippen LogP contribution in [0.3, 0.4) is 0 Å². The van der Waals surface area contributed by atoms with Gasteiger partial charge in [-0.25, -0.2) is 0 Å². The van der Waals surface area contributed by atoms with Gasteiger partial charge in [0.05, 0.1) is 42.8 Å². The van der Waals surface area contributed by atoms with Gasteiger partial charge in [-0.05, 0) is 19.1 Å². The number of rotatable bonds is 3. The van der Waals surface area contributed by atoms with E-state index in [4.69, 9.17) is 0 Å². The van der Waals surface area contributed by atoms with Crippen LogP contribution in [0.4, 0.5) is 0 Å². The fourth-order valence-corrected chi connectivity index (χ4v) is 2.69. The maximum Gasteiger partial charge on any atom is 0.258 e. The number of nitrogens with one attached hydrogen (secondary N) is 1. The van der Waals surface area contributed by atoms with Crippen LogP contribution in [0.2, 0.25) is 0 Å². The van der Waals surface area contributed by atoms with Gasteiger partial charge in [-0.3, -0.25) is 19.3 Å². The van der Waals surface area contributed by atoms with Gasteiger partial charge in [0.25, 0.3) is 5.91 Å². The molecule has 3 heterocycles. The van der Waals surface area contributed by atoms with E-state index in [1.54, 1.807) is 17.9 Å². The maximum absolute atomic E-state index is 12.7. The molecule has 0 saturated carbocycles. The van der Waals surface area contributed by atoms with Crippen LogP contribution in [0.1, 0.15) is 34.4 Å². The van der Waals surface area contributed by atoms with Gasteiger partial charge in [0, 0.05) is 19.2 Å². The molecular formula is C16H19N5O3. The lowest BCUT2D eigenvalue weighted by Crippen LogP contribution is -2.38. The van der Waals surface area contributed by atoms with Gasteiger partial charge < -0.3 is 15.3 Å². The van der Waals surface area contributed by atoms with Crippen molar-refractivity contribution >= 4 is 11.8 Å². The highest BCUT2D eigenvalue weighted by Gasteiger charge is 2.25. The molecule has 126 valence electrons. The number of pyridine rings is 1. The molecule has 0 saturated heterocycles. The van der Waals surface area contributed by atoms with Crippen molar-refractivity contribution in [2.45, 2.75) is 33.5 Å². The summed E-state index contributed by atoms with van der Waals surface area (Å²) < 4.78 is 1.85. The normalized spacial score (nSPS) is 13.5. The predicted octanol–water partition coefficient (Wildman–Crippen LogP) is 0.584. The van der Waals surface area contributed by atoms with Crippen molar-refractivity contribution in [2.75, 3.05) is 6.54 Å². The Labute approximate surface area is 139 Å². The first kappa shape index (κ1) is 16.0. The van der Waals surface area contributed by atoms with Gasteiger partial charge in [0.2, 0.25) is 5.91 Å². The van der Waals surface area contributed by atoms with Crippen LogP contribution in [0, 0.1) is 6.92 Å². The lowest BCUT2D eigenvalue weighted by molar-refractivity contribution is -0.119. The Morgan fingerprint density at radius 3 is 2.88 bits per heavy atom. The first-order chi connectivity index (χ1) is 11.4. The van der Waals surface area contributed by atoms with Crippen molar-refractivity contribution in [3.8, 4) is 5.75 Å². The van der Waals surface area contributed by atoms with Gasteiger partial charge in [-0.1, -0.05) is 0 Å².